The van der Waals surface area contributed by atoms with E-state index in [1.54, 1.807) is 0 Å². The fourth-order valence-electron chi connectivity index (χ4n) is 3.16. The highest BCUT2D eigenvalue weighted by molar-refractivity contribution is 5.77. The number of pyridine rings is 1. The molecule has 0 aromatic carbocycles. The molecule has 0 aliphatic heterocycles. The predicted molar refractivity (Wildman–Crippen MR) is 75.3 cm³/mol. The van der Waals surface area contributed by atoms with E-state index in [-0.39, 0.29) is 5.69 Å². The van der Waals surface area contributed by atoms with E-state index in [2.05, 4.69) is 21.9 Å². The summed E-state index contributed by atoms with van der Waals surface area (Å²) in [7, 11) is 0. The van der Waals surface area contributed by atoms with Crippen LogP contribution in [0, 0.1) is 12.8 Å². The maximum Gasteiger partial charge on any atom is 0.347 e. The van der Waals surface area contributed by atoms with Crippen molar-refractivity contribution >= 4 is 11.0 Å². The molecule has 0 amide bonds. The van der Waals surface area contributed by atoms with E-state index in [1.807, 2.05) is 19.1 Å². The lowest BCUT2D eigenvalue weighted by Crippen LogP contribution is -2.19. The Labute approximate surface area is 112 Å². The van der Waals surface area contributed by atoms with Crippen LogP contribution in [0.3, 0.4) is 0 Å². The molecule has 1 aliphatic rings. The number of aromatic nitrogens is 3. The third-order valence-electron chi connectivity index (χ3n) is 4.10. The van der Waals surface area contributed by atoms with Crippen molar-refractivity contribution in [2.45, 2.75) is 45.4 Å². The van der Waals surface area contributed by atoms with Crippen LogP contribution in [0.5, 0.6) is 0 Å². The number of nitrogens with one attached hydrogen (secondary N) is 1. The van der Waals surface area contributed by atoms with Gasteiger partial charge in [-0.25, -0.2) is 9.78 Å². The van der Waals surface area contributed by atoms with Crippen molar-refractivity contribution in [1.82, 2.24) is 15.0 Å². The number of fused-ring (bicyclic) bond motifs is 1. The molecule has 0 radical (unpaired) electrons. The molecule has 4 heteroatoms. The highest BCUT2D eigenvalue weighted by atomic mass is 16.1. The van der Waals surface area contributed by atoms with Gasteiger partial charge in [0.05, 0.1) is 0 Å². The first-order valence-corrected chi connectivity index (χ1v) is 7.01. The smallest absolute Gasteiger partial charge is 0.309 e. The van der Waals surface area contributed by atoms with Gasteiger partial charge >= 0.3 is 5.69 Å². The molecule has 19 heavy (non-hydrogen) atoms. The summed E-state index contributed by atoms with van der Waals surface area (Å²) in [4.78, 5) is 23.1. The standard InChI is InChI=1S/C15H19N3O/c1-9-4-3-5-11(8-9)13-12-7-6-10(2)16-14(12)18-15(19)17-13/h6-7,9,11H,3-5,8H2,1-2H3,(H,16,17,18,19). The fourth-order valence-corrected chi connectivity index (χ4v) is 3.16. The zero-order valence-corrected chi connectivity index (χ0v) is 11.4. The Morgan fingerprint density at radius 2 is 2.11 bits per heavy atom. The van der Waals surface area contributed by atoms with Gasteiger partial charge in [-0.15, -0.1) is 0 Å². The van der Waals surface area contributed by atoms with Crippen molar-refractivity contribution in [2.75, 3.05) is 0 Å². The lowest BCUT2D eigenvalue weighted by molar-refractivity contribution is 0.341. The molecular weight excluding hydrogens is 238 g/mol. The van der Waals surface area contributed by atoms with Crippen molar-refractivity contribution in [2.24, 2.45) is 5.92 Å². The summed E-state index contributed by atoms with van der Waals surface area (Å²) in [5.74, 6) is 1.16. The van der Waals surface area contributed by atoms with Gasteiger partial charge in [0.25, 0.3) is 0 Å². The van der Waals surface area contributed by atoms with Crippen LogP contribution in [0.1, 0.15) is 49.9 Å². The normalized spacial score (nSPS) is 23.7. The molecular formula is C15H19N3O. The first-order valence-electron chi connectivity index (χ1n) is 7.01. The molecule has 0 bridgehead atoms. The number of hydrogen-bond acceptors (Lipinski definition) is 3. The minimum absolute atomic E-state index is 0.279. The Balaban J connectivity index is 2.14. The SMILES string of the molecule is Cc1ccc2c(C3CCCC(C)C3)[nH]c(=O)nc2n1. The van der Waals surface area contributed by atoms with Crippen molar-refractivity contribution in [1.29, 1.82) is 0 Å². The van der Waals surface area contributed by atoms with Gasteiger partial charge in [-0.2, -0.15) is 4.98 Å². The topological polar surface area (TPSA) is 58.6 Å². The molecule has 2 heterocycles. The van der Waals surface area contributed by atoms with E-state index in [4.69, 9.17) is 0 Å². The van der Waals surface area contributed by atoms with Crippen molar-refractivity contribution in [3.63, 3.8) is 0 Å². The zero-order chi connectivity index (χ0) is 13.4. The molecule has 2 aromatic heterocycles. The van der Waals surface area contributed by atoms with Crippen LogP contribution in [0.15, 0.2) is 16.9 Å². The highest BCUT2D eigenvalue weighted by Crippen LogP contribution is 2.36. The van der Waals surface area contributed by atoms with Crippen LogP contribution in [-0.2, 0) is 0 Å². The van der Waals surface area contributed by atoms with Crippen LogP contribution in [0.2, 0.25) is 0 Å². The minimum atomic E-state index is -0.279. The Bertz CT molecular complexity index is 662. The molecule has 0 spiro atoms. The van der Waals surface area contributed by atoms with Gasteiger partial charge in [0.15, 0.2) is 5.65 Å². The van der Waals surface area contributed by atoms with E-state index in [0.29, 0.717) is 11.6 Å². The second-order valence-corrected chi connectivity index (χ2v) is 5.75. The molecule has 1 N–H and O–H groups in total. The van der Waals surface area contributed by atoms with Gasteiger partial charge in [-0.05, 0) is 37.8 Å². The van der Waals surface area contributed by atoms with Gasteiger partial charge in [0, 0.05) is 22.7 Å². The van der Waals surface area contributed by atoms with E-state index < -0.39 is 0 Å². The summed E-state index contributed by atoms with van der Waals surface area (Å²) >= 11 is 0. The molecule has 3 rings (SSSR count). The minimum Gasteiger partial charge on any atom is -0.309 e. The van der Waals surface area contributed by atoms with E-state index in [9.17, 15) is 4.79 Å². The monoisotopic (exact) mass is 257 g/mol. The first-order chi connectivity index (χ1) is 9.13. The summed E-state index contributed by atoms with van der Waals surface area (Å²) in [6.45, 7) is 4.21. The van der Waals surface area contributed by atoms with Gasteiger partial charge in [-0.1, -0.05) is 19.8 Å². The lowest BCUT2D eigenvalue weighted by Gasteiger charge is -2.27. The van der Waals surface area contributed by atoms with E-state index >= 15 is 0 Å². The first kappa shape index (κ1) is 12.3. The Morgan fingerprint density at radius 1 is 1.26 bits per heavy atom. The molecule has 1 fully saturated rings. The Morgan fingerprint density at radius 3 is 2.89 bits per heavy atom. The second-order valence-electron chi connectivity index (χ2n) is 5.75. The Kier molecular flexibility index (Phi) is 3.09. The molecule has 2 aromatic rings. The van der Waals surface area contributed by atoms with Crippen LogP contribution in [0.4, 0.5) is 0 Å². The van der Waals surface area contributed by atoms with Crippen LogP contribution in [0.25, 0.3) is 11.0 Å². The molecule has 1 saturated carbocycles. The fraction of sp³-hybridized carbons (Fsp3) is 0.533. The summed E-state index contributed by atoms with van der Waals surface area (Å²) in [5.41, 5.74) is 2.23. The van der Waals surface area contributed by atoms with Crippen molar-refractivity contribution in [3.05, 3.63) is 34.0 Å². The average Bonchev–Trinajstić information content (AvgIpc) is 2.37. The summed E-state index contributed by atoms with van der Waals surface area (Å²) in [6.07, 6.45) is 4.81. The number of hydrogen-bond donors (Lipinski definition) is 1. The lowest BCUT2D eigenvalue weighted by atomic mass is 9.80. The third kappa shape index (κ3) is 2.39. The molecule has 2 atom stereocenters. The zero-order valence-electron chi connectivity index (χ0n) is 11.4. The van der Waals surface area contributed by atoms with E-state index in [1.165, 1.54) is 12.8 Å². The van der Waals surface area contributed by atoms with Crippen LogP contribution in [-0.4, -0.2) is 15.0 Å². The Hall–Kier alpha value is -1.71. The number of rotatable bonds is 1. The number of aromatic amines is 1. The largest absolute Gasteiger partial charge is 0.347 e. The maximum absolute atomic E-state index is 11.7. The summed E-state index contributed by atoms with van der Waals surface area (Å²) < 4.78 is 0. The van der Waals surface area contributed by atoms with Crippen molar-refractivity contribution in [3.8, 4) is 0 Å². The van der Waals surface area contributed by atoms with Gasteiger partial charge < -0.3 is 4.98 Å². The average molecular weight is 257 g/mol. The predicted octanol–water partition coefficient (Wildman–Crippen LogP) is 2.92. The van der Waals surface area contributed by atoms with Gasteiger partial charge in [0.1, 0.15) is 0 Å². The summed E-state index contributed by atoms with van der Waals surface area (Å²) in [6, 6.07) is 4.02. The van der Waals surface area contributed by atoms with E-state index in [0.717, 1.165) is 35.5 Å². The highest BCUT2D eigenvalue weighted by Gasteiger charge is 2.23. The van der Waals surface area contributed by atoms with Gasteiger partial charge in [-0.3, -0.25) is 0 Å². The van der Waals surface area contributed by atoms with Crippen molar-refractivity contribution < 1.29 is 0 Å². The quantitative estimate of drug-likeness (QED) is 0.854. The second kappa shape index (κ2) is 4.76. The van der Waals surface area contributed by atoms with Crippen LogP contribution >= 0.6 is 0 Å². The third-order valence-corrected chi connectivity index (χ3v) is 4.10. The molecule has 4 nitrogen and oxygen atoms in total. The number of aryl methyl sites for hydroxylation is 1. The maximum atomic E-state index is 11.7. The van der Waals surface area contributed by atoms with Gasteiger partial charge in [0.2, 0.25) is 0 Å². The molecule has 1 aliphatic carbocycles. The molecule has 100 valence electrons. The number of H-pyrrole nitrogens is 1. The number of nitrogens with zero attached hydrogens (tertiary/aromatic N) is 2. The summed E-state index contributed by atoms with van der Waals surface area (Å²) in [5, 5.41) is 1.00. The molecule has 2 unspecified atom stereocenters. The van der Waals surface area contributed by atoms with Crippen LogP contribution < -0.4 is 5.69 Å². The molecule has 0 saturated heterocycles.